The second-order valence-corrected chi connectivity index (χ2v) is 7.62. The van der Waals surface area contributed by atoms with Crippen LogP contribution in [0, 0.1) is 0 Å². The van der Waals surface area contributed by atoms with Crippen molar-refractivity contribution in [2.24, 2.45) is 0 Å². The van der Waals surface area contributed by atoms with E-state index in [1.807, 2.05) is 45.3 Å². The molecule has 0 unspecified atom stereocenters. The zero-order chi connectivity index (χ0) is 20.8. The van der Waals surface area contributed by atoms with Crippen molar-refractivity contribution in [1.82, 2.24) is 10.2 Å². The number of rotatable bonds is 8. The molecule has 154 valence electrons. The molecule has 0 aliphatic carbocycles. The smallest absolute Gasteiger partial charge is 0.244 e. The maximum Gasteiger partial charge on any atom is 0.244 e. The molecule has 0 radical (unpaired) electrons. The van der Waals surface area contributed by atoms with Crippen LogP contribution in [-0.4, -0.2) is 37.6 Å². The SMILES string of the molecule is CCOc1cc2c(cc1/C=C/C(=O)NCc1ccccc1CN(C)C)O[C@H](C)C2. The molecule has 1 aliphatic rings. The lowest BCUT2D eigenvalue weighted by Gasteiger charge is -2.14. The number of ether oxygens (including phenoxy) is 2. The van der Waals surface area contributed by atoms with Crippen molar-refractivity contribution in [2.75, 3.05) is 20.7 Å². The van der Waals surface area contributed by atoms with Crippen LogP contribution in [0.3, 0.4) is 0 Å². The fourth-order valence-corrected chi connectivity index (χ4v) is 3.50. The van der Waals surface area contributed by atoms with Crippen molar-refractivity contribution in [2.45, 2.75) is 39.5 Å². The Morgan fingerprint density at radius 1 is 1.28 bits per heavy atom. The number of carbonyl (C=O) groups excluding carboxylic acids is 1. The third kappa shape index (κ3) is 5.61. The first-order valence-electron chi connectivity index (χ1n) is 10.1. The van der Waals surface area contributed by atoms with Gasteiger partial charge in [-0.05, 0) is 57.3 Å². The van der Waals surface area contributed by atoms with Crippen LogP contribution in [0.25, 0.3) is 6.08 Å². The maximum atomic E-state index is 12.4. The summed E-state index contributed by atoms with van der Waals surface area (Å²) >= 11 is 0. The van der Waals surface area contributed by atoms with E-state index >= 15 is 0 Å². The van der Waals surface area contributed by atoms with E-state index in [0.29, 0.717) is 13.2 Å². The van der Waals surface area contributed by atoms with Gasteiger partial charge >= 0.3 is 0 Å². The van der Waals surface area contributed by atoms with Crippen LogP contribution >= 0.6 is 0 Å². The first-order chi connectivity index (χ1) is 14.0. The summed E-state index contributed by atoms with van der Waals surface area (Å²) in [6.45, 7) is 5.92. The van der Waals surface area contributed by atoms with Gasteiger partial charge in [0.05, 0.1) is 6.61 Å². The number of amides is 1. The molecule has 0 saturated carbocycles. The van der Waals surface area contributed by atoms with Crippen molar-refractivity contribution in [3.05, 3.63) is 64.7 Å². The van der Waals surface area contributed by atoms with Crippen LogP contribution in [0.5, 0.6) is 11.5 Å². The zero-order valence-corrected chi connectivity index (χ0v) is 17.7. The van der Waals surface area contributed by atoms with Gasteiger partial charge in [-0.3, -0.25) is 4.79 Å². The Morgan fingerprint density at radius 3 is 2.76 bits per heavy atom. The predicted molar refractivity (Wildman–Crippen MR) is 116 cm³/mol. The van der Waals surface area contributed by atoms with Crippen LogP contribution in [0.4, 0.5) is 0 Å². The van der Waals surface area contributed by atoms with E-state index in [-0.39, 0.29) is 12.0 Å². The first-order valence-corrected chi connectivity index (χ1v) is 10.1. The van der Waals surface area contributed by atoms with Gasteiger partial charge in [0.1, 0.15) is 17.6 Å². The highest BCUT2D eigenvalue weighted by molar-refractivity contribution is 5.92. The van der Waals surface area contributed by atoms with Crippen molar-refractivity contribution in [3.8, 4) is 11.5 Å². The fourth-order valence-electron chi connectivity index (χ4n) is 3.50. The third-order valence-corrected chi connectivity index (χ3v) is 4.80. The molecule has 1 heterocycles. The molecule has 0 aromatic heterocycles. The quantitative estimate of drug-likeness (QED) is 0.692. The molecule has 0 spiro atoms. The zero-order valence-electron chi connectivity index (χ0n) is 17.7. The van der Waals surface area contributed by atoms with Gasteiger partial charge in [0.2, 0.25) is 5.91 Å². The number of nitrogens with zero attached hydrogens (tertiary/aromatic N) is 1. The minimum absolute atomic E-state index is 0.137. The Labute approximate surface area is 173 Å². The molecule has 1 N–H and O–H groups in total. The Hall–Kier alpha value is -2.79. The van der Waals surface area contributed by atoms with Gasteiger partial charge in [-0.25, -0.2) is 0 Å². The molecule has 29 heavy (non-hydrogen) atoms. The van der Waals surface area contributed by atoms with Gasteiger partial charge in [0.15, 0.2) is 0 Å². The fraction of sp³-hybridized carbons (Fsp3) is 0.375. The number of hydrogen-bond donors (Lipinski definition) is 1. The van der Waals surface area contributed by atoms with Gasteiger partial charge in [-0.1, -0.05) is 24.3 Å². The van der Waals surface area contributed by atoms with Gasteiger partial charge in [-0.2, -0.15) is 0 Å². The van der Waals surface area contributed by atoms with E-state index in [1.165, 1.54) is 5.56 Å². The minimum Gasteiger partial charge on any atom is -0.493 e. The highest BCUT2D eigenvalue weighted by Crippen LogP contribution is 2.35. The molecule has 2 aromatic carbocycles. The van der Waals surface area contributed by atoms with Crippen LogP contribution < -0.4 is 14.8 Å². The summed E-state index contributed by atoms with van der Waals surface area (Å²) in [7, 11) is 4.07. The topological polar surface area (TPSA) is 50.8 Å². The number of hydrogen-bond acceptors (Lipinski definition) is 4. The van der Waals surface area contributed by atoms with Crippen LogP contribution in [0.15, 0.2) is 42.5 Å². The lowest BCUT2D eigenvalue weighted by molar-refractivity contribution is -0.116. The van der Waals surface area contributed by atoms with Crippen molar-refractivity contribution in [1.29, 1.82) is 0 Å². The maximum absolute atomic E-state index is 12.4. The summed E-state index contributed by atoms with van der Waals surface area (Å²) in [6.07, 6.45) is 4.39. The number of benzene rings is 2. The first kappa shape index (κ1) is 20.9. The number of fused-ring (bicyclic) bond motifs is 1. The third-order valence-electron chi connectivity index (χ3n) is 4.80. The van der Waals surface area contributed by atoms with Crippen molar-refractivity contribution >= 4 is 12.0 Å². The summed E-state index contributed by atoms with van der Waals surface area (Å²) in [5.74, 6) is 1.52. The lowest BCUT2D eigenvalue weighted by Crippen LogP contribution is -2.22. The molecule has 1 amide bonds. The standard InChI is InChI=1S/C24H30N2O3/c1-5-28-22-14-21-12-17(2)29-23(21)13-18(22)10-11-24(27)25-15-19-8-6-7-9-20(19)16-26(3)4/h6-11,13-14,17H,5,12,15-16H2,1-4H3,(H,25,27)/b11-10+/t17-/m1/s1. The Kier molecular flexibility index (Phi) is 6.94. The van der Waals surface area contributed by atoms with E-state index < -0.39 is 0 Å². The van der Waals surface area contributed by atoms with Crippen molar-refractivity contribution < 1.29 is 14.3 Å². The highest BCUT2D eigenvalue weighted by atomic mass is 16.5. The molecule has 1 aliphatic heterocycles. The predicted octanol–water partition coefficient (Wildman–Crippen LogP) is 3.80. The van der Waals surface area contributed by atoms with E-state index in [2.05, 4.69) is 29.3 Å². The number of nitrogens with one attached hydrogen (secondary N) is 1. The molecular formula is C24H30N2O3. The molecule has 0 saturated heterocycles. The summed E-state index contributed by atoms with van der Waals surface area (Å²) < 4.78 is 11.6. The summed E-state index contributed by atoms with van der Waals surface area (Å²) in [5.41, 5.74) is 4.34. The molecule has 5 heteroatoms. The summed E-state index contributed by atoms with van der Waals surface area (Å²) in [6, 6.07) is 12.1. The van der Waals surface area contributed by atoms with Gasteiger partial charge < -0.3 is 19.7 Å². The van der Waals surface area contributed by atoms with Crippen molar-refractivity contribution in [3.63, 3.8) is 0 Å². The average molecular weight is 395 g/mol. The molecule has 2 aromatic rings. The van der Waals surface area contributed by atoms with Crippen LogP contribution in [0.1, 0.15) is 36.1 Å². The second-order valence-electron chi connectivity index (χ2n) is 7.62. The van der Waals surface area contributed by atoms with Gasteiger partial charge in [-0.15, -0.1) is 0 Å². The van der Waals surface area contributed by atoms with E-state index in [1.54, 1.807) is 12.2 Å². The number of carbonyl (C=O) groups is 1. The Morgan fingerprint density at radius 2 is 2.03 bits per heavy atom. The second kappa shape index (κ2) is 9.61. The molecule has 1 atom stereocenters. The van der Waals surface area contributed by atoms with E-state index in [9.17, 15) is 4.79 Å². The largest absolute Gasteiger partial charge is 0.493 e. The molecule has 0 bridgehead atoms. The van der Waals surface area contributed by atoms with E-state index in [4.69, 9.17) is 9.47 Å². The highest BCUT2D eigenvalue weighted by Gasteiger charge is 2.21. The molecule has 5 nitrogen and oxygen atoms in total. The Bertz CT molecular complexity index is 890. The van der Waals surface area contributed by atoms with Gasteiger partial charge in [0.25, 0.3) is 0 Å². The van der Waals surface area contributed by atoms with E-state index in [0.717, 1.165) is 41.2 Å². The minimum atomic E-state index is -0.137. The monoisotopic (exact) mass is 394 g/mol. The molecular weight excluding hydrogens is 364 g/mol. The summed E-state index contributed by atoms with van der Waals surface area (Å²) in [4.78, 5) is 14.5. The Balaban J connectivity index is 1.68. The average Bonchev–Trinajstić information content (AvgIpc) is 3.04. The normalized spacial score (nSPS) is 15.4. The van der Waals surface area contributed by atoms with Crippen LogP contribution in [-0.2, 0) is 24.3 Å². The summed E-state index contributed by atoms with van der Waals surface area (Å²) in [5, 5.41) is 2.98. The van der Waals surface area contributed by atoms with Crippen LogP contribution in [0.2, 0.25) is 0 Å². The van der Waals surface area contributed by atoms with Gasteiger partial charge in [0, 0.05) is 36.7 Å². The molecule has 0 fully saturated rings. The molecule has 3 rings (SSSR count). The lowest BCUT2D eigenvalue weighted by atomic mass is 10.1.